The van der Waals surface area contributed by atoms with E-state index < -0.39 is 0 Å². The lowest BCUT2D eigenvalue weighted by Gasteiger charge is -2.30. The van der Waals surface area contributed by atoms with Gasteiger partial charge in [-0.25, -0.2) is 0 Å². The van der Waals surface area contributed by atoms with E-state index in [2.05, 4.69) is 11.9 Å². The Morgan fingerprint density at radius 1 is 1.57 bits per heavy atom. The lowest BCUT2D eigenvalue weighted by molar-refractivity contribution is -0.123. The predicted molar refractivity (Wildman–Crippen MR) is 54.2 cm³/mol. The van der Waals surface area contributed by atoms with Crippen LogP contribution >= 0.6 is 0 Å². The zero-order chi connectivity index (χ0) is 10.1. The van der Waals surface area contributed by atoms with Gasteiger partial charge in [-0.1, -0.05) is 6.92 Å². The van der Waals surface area contributed by atoms with Gasteiger partial charge in [0.1, 0.15) is 5.78 Å². The quantitative estimate of drug-likeness (QED) is 0.663. The average molecular weight is 197 g/mol. The van der Waals surface area contributed by atoms with E-state index in [-0.39, 0.29) is 6.04 Å². The smallest absolute Gasteiger partial charge is 0.149 e. The number of Topliss-reactive ketones (excluding diaryl/α,β-unsaturated/α-hetero) is 1. The normalized spacial score (nSPS) is 38.3. The molecular weight excluding hydrogens is 178 g/mol. The largest absolute Gasteiger partial charge is 0.381 e. The van der Waals surface area contributed by atoms with Gasteiger partial charge in [-0.15, -0.1) is 0 Å². The molecule has 80 valence electrons. The van der Waals surface area contributed by atoms with Crippen molar-refractivity contribution in [1.82, 2.24) is 4.90 Å². The molecule has 2 rings (SSSR count). The minimum Gasteiger partial charge on any atom is -0.381 e. The summed E-state index contributed by atoms with van der Waals surface area (Å²) in [5.41, 5.74) is 0. The number of hydrogen-bond acceptors (Lipinski definition) is 3. The maximum Gasteiger partial charge on any atom is 0.149 e. The Kier molecular flexibility index (Phi) is 2.88. The fraction of sp³-hybridized carbons (Fsp3) is 0.909. The zero-order valence-electron chi connectivity index (χ0n) is 9.03. The number of carbonyl (C=O) groups is 1. The second-order valence-corrected chi connectivity index (χ2v) is 4.43. The standard InChI is InChI=1S/C11H19NO2/c1-3-11(13)10-6-8-7-14-5-4-9(8)12(10)2/h8-10H,3-7H2,1-2H3. The molecule has 2 saturated heterocycles. The van der Waals surface area contributed by atoms with E-state index in [4.69, 9.17) is 4.74 Å². The fourth-order valence-corrected chi connectivity index (χ4v) is 2.83. The predicted octanol–water partition coefficient (Wildman–Crippen LogP) is 1.07. The first kappa shape index (κ1) is 10.1. The summed E-state index contributed by atoms with van der Waals surface area (Å²) in [5.74, 6) is 0.983. The number of nitrogens with zero attached hydrogens (tertiary/aromatic N) is 1. The molecule has 0 radical (unpaired) electrons. The van der Waals surface area contributed by atoms with Gasteiger partial charge < -0.3 is 4.74 Å². The SMILES string of the molecule is CCC(=O)C1CC2COCCC2N1C. The first-order chi connectivity index (χ1) is 6.74. The molecule has 3 unspecified atom stereocenters. The van der Waals surface area contributed by atoms with Gasteiger partial charge in [0.05, 0.1) is 12.6 Å². The number of fused-ring (bicyclic) bond motifs is 1. The summed E-state index contributed by atoms with van der Waals surface area (Å²) >= 11 is 0. The summed E-state index contributed by atoms with van der Waals surface area (Å²) in [6.07, 6.45) is 2.76. The van der Waals surface area contributed by atoms with Gasteiger partial charge >= 0.3 is 0 Å². The van der Waals surface area contributed by atoms with E-state index in [1.165, 1.54) is 0 Å². The van der Waals surface area contributed by atoms with Crippen molar-refractivity contribution in [2.45, 2.75) is 38.3 Å². The van der Waals surface area contributed by atoms with Crippen LogP contribution in [-0.4, -0.2) is 43.0 Å². The Balaban J connectivity index is 2.06. The van der Waals surface area contributed by atoms with Gasteiger partial charge in [-0.05, 0) is 25.8 Å². The number of rotatable bonds is 2. The molecule has 2 aliphatic heterocycles. The Labute approximate surface area is 85.4 Å². The van der Waals surface area contributed by atoms with Crippen LogP contribution in [0.2, 0.25) is 0 Å². The lowest BCUT2D eigenvalue weighted by Crippen LogP contribution is -2.40. The van der Waals surface area contributed by atoms with Crippen molar-refractivity contribution in [3.8, 4) is 0 Å². The molecule has 0 aromatic heterocycles. The first-order valence-electron chi connectivity index (χ1n) is 5.56. The van der Waals surface area contributed by atoms with Crippen LogP contribution in [0.5, 0.6) is 0 Å². The molecule has 3 atom stereocenters. The Bertz CT molecular complexity index is 229. The molecule has 2 aliphatic rings. The molecule has 3 nitrogen and oxygen atoms in total. The molecule has 2 heterocycles. The molecule has 0 bridgehead atoms. The number of likely N-dealkylation sites (N-methyl/N-ethyl adjacent to an activating group) is 1. The maximum absolute atomic E-state index is 11.7. The van der Waals surface area contributed by atoms with Crippen molar-refractivity contribution in [1.29, 1.82) is 0 Å². The van der Waals surface area contributed by atoms with E-state index in [1.54, 1.807) is 0 Å². The minimum absolute atomic E-state index is 0.164. The number of carbonyl (C=O) groups excluding carboxylic acids is 1. The molecule has 0 amide bonds. The number of ether oxygens (including phenoxy) is 1. The van der Waals surface area contributed by atoms with Gasteiger partial charge in [0.15, 0.2) is 0 Å². The Hall–Kier alpha value is -0.410. The highest BCUT2D eigenvalue weighted by atomic mass is 16.5. The maximum atomic E-state index is 11.7. The van der Waals surface area contributed by atoms with Crippen molar-refractivity contribution in [2.75, 3.05) is 20.3 Å². The van der Waals surface area contributed by atoms with Crippen LogP contribution < -0.4 is 0 Å². The Morgan fingerprint density at radius 3 is 3.00 bits per heavy atom. The first-order valence-corrected chi connectivity index (χ1v) is 5.56. The van der Waals surface area contributed by atoms with Crippen LogP contribution in [0.3, 0.4) is 0 Å². The summed E-state index contributed by atoms with van der Waals surface area (Å²) in [7, 11) is 2.09. The number of hydrogen-bond donors (Lipinski definition) is 0. The molecule has 2 fully saturated rings. The third kappa shape index (κ3) is 1.59. The summed E-state index contributed by atoms with van der Waals surface area (Å²) in [6.45, 7) is 3.66. The molecule has 0 aromatic carbocycles. The Morgan fingerprint density at radius 2 is 2.36 bits per heavy atom. The highest BCUT2D eigenvalue weighted by Crippen LogP contribution is 2.34. The van der Waals surface area contributed by atoms with E-state index in [9.17, 15) is 4.79 Å². The van der Waals surface area contributed by atoms with Gasteiger partial charge in [0, 0.05) is 19.1 Å². The van der Waals surface area contributed by atoms with Gasteiger partial charge in [0.2, 0.25) is 0 Å². The summed E-state index contributed by atoms with van der Waals surface area (Å²) < 4.78 is 5.46. The summed E-state index contributed by atoms with van der Waals surface area (Å²) in [4.78, 5) is 14.0. The zero-order valence-corrected chi connectivity index (χ0v) is 9.03. The highest BCUT2D eigenvalue weighted by Gasteiger charge is 2.42. The van der Waals surface area contributed by atoms with Crippen LogP contribution in [0.25, 0.3) is 0 Å². The van der Waals surface area contributed by atoms with Gasteiger partial charge in [0.25, 0.3) is 0 Å². The minimum atomic E-state index is 0.164. The lowest BCUT2D eigenvalue weighted by atomic mass is 9.95. The molecular formula is C11H19NO2. The van der Waals surface area contributed by atoms with E-state index in [0.29, 0.717) is 24.2 Å². The van der Waals surface area contributed by atoms with Crippen molar-refractivity contribution < 1.29 is 9.53 Å². The third-order valence-corrected chi connectivity index (χ3v) is 3.69. The number of likely N-dealkylation sites (tertiary alicyclic amines) is 1. The van der Waals surface area contributed by atoms with E-state index in [0.717, 1.165) is 26.1 Å². The van der Waals surface area contributed by atoms with Crippen molar-refractivity contribution in [2.24, 2.45) is 5.92 Å². The topological polar surface area (TPSA) is 29.5 Å². The molecule has 0 aromatic rings. The molecule has 0 N–H and O–H groups in total. The van der Waals surface area contributed by atoms with Crippen molar-refractivity contribution in [3.63, 3.8) is 0 Å². The molecule has 14 heavy (non-hydrogen) atoms. The van der Waals surface area contributed by atoms with Crippen LogP contribution in [0.4, 0.5) is 0 Å². The van der Waals surface area contributed by atoms with Crippen LogP contribution in [0.1, 0.15) is 26.2 Å². The summed E-state index contributed by atoms with van der Waals surface area (Å²) in [6, 6.07) is 0.751. The molecule has 0 aliphatic carbocycles. The summed E-state index contributed by atoms with van der Waals surface area (Å²) in [5, 5.41) is 0. The van der Waals surface area contributed by atoms with E-state index in [1.807, 2.05) is 6.92 Å². The van der Waals surface area contributed by atoms with E-state index >= 15 is 0 Å². The monoisotopic (exact) mass is 197 g/mol. The number of ketones is 1. The molecule has 0 spiro atoms. The second-order valence-electron chi connectivity index (χ2n) is 4.43. The molecule has 0 saturated carbocycles. The second kappa shape index (κ2) is 3.99. The third-order valence-electron chi connectivity index (χ3n) is 3.69. The van der Waals surface area contributed by atoms with Crippen LogP contribution in [-0.2, 0) is 9.53 Å². The van der Waals surface area contributed by atoms with Crippen LogP contribution in [0, 0.1) is 5.92 Å². The molecule has 3 heteroatoms. The average Bonchev–Trinajstić information content (AvgIpc) is 2.56. The van der Waals surface area contributed by atoms with Crippen LogP contribution in [0.15, 0.2) is 0 Å². The van der Waals surface area contributed by atoms with Crippen molar-refractivity contribution >= 4 is 5.78 Å². The van der Waals surface area contributed by atoms with Gasteiger partial charge in [-0.2, -0.15) is 0 Å². The highest BCUT2D eigenvalue weighted by molar-refractivity contribution is 5.84. The fourth-order valence-electron chi connectivity index (χ4n) is 2.83. The van der Waals surface area contributed by atoms with Gasteiger partial charge in [-0.3, -0.25) is 9.69 Å². The van der Waals surface area contributed by atoms with Crippen molar-refractivity contribution in [3.05, 3.63) is 0 Å².